The minimum atomic E-state index is -1.19. The second kappa shape index (κ2) is 3.04. The summed E-state index contributed by atoms with van der Waals surface area (Å²) in [6, 6.07) is -0.929. The summed E-state index contributed by atoms with van der Waals surface area (Å²) in [6.07, 6.45) is -3.91. The molecule has 5 N–H and O–H groups in total. The van der Waals surface area contributed by atoms with E-state index < -0.39 is 30.6 Å². The van der Waals surface area contributed by atoms with Gasteiger partial charge >= 0.3 is 0 Å². The summed E-state index contributed by atoms with van der Waals surface area (Å²) >= 11 is 0. The Kier molecular flexibility index (Phi) is 2.46. The highest BCUT2D eigenvalue weighted by atomic mass is 16.6. The zero-order valence-electron chi connectivity index (χ0n) is 6.21. The molecule has 0 radical (unpaired) electrons. The third kappa shape index (κ3) is 1.52. The summed E-state index contributed by atoms with van der Waals surface area (Å²) in [5, 5.41) is 27.4. The summed E-state index contributed by atoms with van der Waals surface area (Å²) < 4.78 is 4.80. The number of hydrogen-bond acceptors (Lipinski definition) is 5. The van der Waals surface area contributed by atoms with E-state index in [0.717, 1.165) is 0 Å². The molecule has 1 unspecified atom stereocenters. The molecule has 5 nitrogen and oxygen atoms in total. The number of ether oxygens (including phenoxy) is 1. The van der Waals surface area contributed by atoms with Crippen molar-refractivity contribution in [3.8, 4) is 0 Å². The van der Waals surface area contributed by atoms with Crippen molar-refractivity contribution in [3.63, 3.8) is 0 Å². The normalized spacial score (nSPS) is 52.6. The molecule has 66 valence electrons. The lowest BCUT2D eigenvalue weighted by molar-refractivity contribution is -0.236. The standard InChI is InChI=1S/C6H13NO4/c1-2-4(8)5(9)3(7)6(10)11-2/h2-6,8-10H,7H2,1H3/t2-,3+,4-,5+,6?/m1/s1. The highest BCUT2D eigenvalue weighted by molar-refractivity contribution is 4.88. The van der Waals surface area contributed by atoms with Crippen LogP contribution >= 0.6 is 0 Å². The van der Waals surface area contributed by atoms with Crippen molar-refractivity contribution < 1.29 is 20.1 Å². The van der Waals surface area contributed by atoms with Crippen LogP contribution in [0.3, 0.4) is 0 Å². The molecule has 5 heteroatoms. The van der Waals surface area contributed by atoms with Crippen molar-refractivity contribution in [1.82, 2.24) is 0 Å². The van der Waals surface area contributed by atoms with Crippen molar-refractivity contribution in [3.05, 3.63) is 0 Å². The van der Waals surface area contributed by atoms with Crippen LogP contribution in [-0.4, -0.2) is 46.0 Å². The van der Waals surface area contributed by atoms with Crippen LogP contribution in [0.4, 0.5) is 0 Å². The van der Waals surface area contributed by atoms with Gasteiger partial charge in [-0.25, -0.2) is 0 Å². The van der Waals surface area contributed by atoms with Crippen LogP contribution < -0.4 is 5.73 Å². The summed E-state index contributed by atoms with van der Waals surface area (Å²) in [5.74, 6) is 0. The zero-order valence-corrected chi connectivity index (χ0v) is 6.21. The number of aliphatic hydroxyl groups is 3. The second-order valence-corrected chi connectivity index (χ2v) is 2.79. The molecular weight excluding hydrogens is 150 g/mol. The zero-order chi connectivity index (χ0) is 8.59. The average Bonchev–Trinajstić information content (AvgIpc) is 1.97. The summed E-state index contributed by atoms with van der Waals surface area (Å²) in [4.78, 5) is 0. The molecule has 0 spiro atoms. The molecule has 1 rings (SSSR count). The molecule has 0 saturated carbocycles. The maximum atomic E-state index is 9.17. The Hall–Kier alpha value is -0.200. The van der Waals surface area contributed by atoms with Gasteiger partial charge in [-0.1, -0.05) is 0 Å². The molecule has 11 heavy (non-hydrogen) atoms. The quantitative estimate of drug-likeness (QED) is 0.324. The molecule has 0 aromatic carbocycles. The minimum absolute atomic E-state index is 0.584. The first kappa shape index (κ1) is 8.89. The lowest BCUT2D eigenvalue weighted by Gasteiger charge is -2.37. The number of aliphatic hydroxyl groups excluding tert-OH is 3. The van der Waals surface area contributed by atoms with E-state index in [-0.39, 0.29) is 0 Å². The Morgan fingerprint density at radius 1 is 1.18 bits per heavy atom. The third-order valence-corrected chi connectivity index (χ3v) is 1.91. The van der Waals surface area contributed by atoms with Crippen LogP contribution in [0.15, 0.2) is 0 Å². The van der Waals surface area contributed by atoms with Gasteiger partial charge in [0.25, 0.3) is 0 Å². The molecule has 0 aliphatic carbocycles. The van der Waals surface area contributed by atoms with Gasteiger partial charge in [0.2, 0.25) is 0 Å². The molecule has 1 aliphatic rings. The first-order valence-corrected chi connectivity index (χ1v) is 3.49. The molecule has 0 aromatic heterocycles. The predicted octanol–water partition coefficient (Wildman–Crippen LogP) is -2.23. The van der Waals surface area contributed by atoms with E-state index in [4.69, 9.17) is 20.7 Å². The SMILES string of the molecule is C[C@H]1OC(O)[C@@H](N)[C@H](O)[C@@H]1O. The maximum Gasteiger partial charge on any atom is 0.172 e. The topological polar surface area (TPSA) is 95.9 Å². The van der Waals surface area contributed by atoms with E-state index in [9.17, 15) is 5.11 Å². The van der Waals surface area contributed by atoms with Crippen molar-refractivity contribution in [2.45, 2.75) is 37.6 Å². The molecule has 1 saturated heterocycles. The van der Waals surface area contributed by atoms with Gasteiger partial charge in [-0.05, 0) is 6.92 Å². The van der Waals surface area contributed by atoms with E-state index in [1.807, 2.05) is 0 Å². The van der Waals surface area contributed by atoms with Crippen molar-refractivity contribution in [2.75, 3.05) is 0 Å². The summed E-state index contributed by atoms with van der Waals surface area (Å²) in [5.41, 5.74) is 5.29. The highest BCUT2D eigenvalue weighted by Crippen LogP contribution is 2.17. The monoisotopic (exact) mass is 163 g/mol. The van der Waals surface area contributed by atoms with Crippen molar-refractivity contribution in [2.24, 2.45) is 5.73 Å². The Morgan fingerprint density at radius 3 is 2.27 bits per heavy atom. The molecular formula is C6H13NO4. The van der Waals surface area contributed by atoms with Crippen LogP contribution in [-0.2, 0) is 4.74 Å². The predicted molar refractivity (Wildman–Crippen MR) is 36.5 cm³/mol. The molecule has 0 amide bonds. The number of hydrogen-bond donors (Lipinski definition) is 4. The lowest BCUT2D eigenvalue weighted by Crippen LogP contribution is -2.60. The van der Waals surface area contributed by atoms with Gasteiger partial charge in [0, 0.05) is 0 Å². The smallest absolute Gasteiger partial charge is 0.172 e. The summed E-state index contributed by atoms with van der Waals surface area (Å²) in [7, 11) is 0. The Balaban J connectivity index is 2.63. The Labute approximate surface area is 64.4 Å². The number of rotatable bonds is 0. The van der Waals surface area contributed by atoms with Gasteiger partial charge in [0.1, 0.15) is 12.2 Å². The first-order valence-electron chi connectivity index (χ1n) is 3.49. The minimum Gasteiger partial charge on any atom is -0.388 e. The van der Waals surface area contributed by atoms with Gasteiger partial charge < -0.3 is 25.8 Å². The molecule has 0 aromatic rings. The first-order chi connectivity index (χ1) is 5.04. The molecule has 1 aliphatic heterocycles. The van der Waals surface area contributed by atoms with Gasteiger partial charge in [0.15, 0.2) is 6.29 Å². The highest BCUT2D eigenvalue weighted by Gasteiger charge is 2.39. The van der Waals surface area contributed by atoms with E-state index >= 15 is 0 Å². The van der Waals surface area contributed by atoms with Crippen LogP contribution in [0.1, 0.15) is 6.92 Å². The molecule has 5 atom stereocenters. The lowest BCUT2D eigenvalue weighted by atomic mass is 9.99. The Bertz CT molecular complexity index is 129. The fourth-order valence-electron chi connectivity index (χ4n) is 1.07. The van der Waals surface area contributed by atoms with E-state index in [0.29, 0.717) is 0 Å². The molecule has 1 fully saturated rings. The molecule has 0 bridgehead atoms. The average molecular weight is 163 g/mol. The van der Waals surface area contributed by atoms with Crippen LogP contribution in [0, 0.1) is 0 Å². The van der Waals surface area contributed by atoms with Crippen molar-refractivity contribution >= 4 is 0 Å². The van der Waals surface area contributed by atoms with E-state index in [2.05, 4.69) is 0 Å². The third-order valence-electron chi connectivity index (χ3n) is 1.91. The largest absolute Gasteiger partial charge is 0.388 e. The Morgan fingerprint density at radius 2 is 1.73 bits per heavy atom. The fraction of sp³-hybridized carbons (Fsp3) is 1.00. The number of nitrogens with two attached hydrogens (primary N) is 1. The van der Waals surface area contributed by atoms with Crippen LogP contribution in [0.5, 0.6) is 0 Å². The fourth-order valence-corrected chi connectivity index (χ4v) is 1.07. The van der Waals surface area contributed by atoms with Gasteiger partial charge in [-0.15, -0.1) is 0 Å². The van der Waals surface area contributed by atoms with Crippen molar-refractivity contribution in [1.29, 1.82) is 0 Å². The van der Waals surface area contributed by atoms with E-state index in [1.165, 1.54) is 0 Å². The molecule has 1 heterocycles. The van der Waals surface area contributed by atoms with Gasteiger partial charge in [-0.3, -0.25) is 0 Å². The summed E-state index contributed by atoms with van der Waals surface area (Å²) in [6.45, 7) is 1.56. The second-order valence-electron chi connectivity index (χ2n) is 2.79. The maximum absolute atomic E-state index is 9.17. The van der Waals surface area contributed by atoms with Crippen LogP contribution in [0.2, 0.25) is 0 Å². The van der Waals surface area contributed by atoms with Crippen LogP contribution in [0.25, 0.3) is 0 Å². The van der Waals surface area contributed by atoms with Gasteiger partial charge in [0.05, 0.1) is 12.1 Å². The van der Waals surface area contributed by atoms with E-state index in [1.54, 1.807) is 6.92 Å². The van der Waals surface area contributed by atoms with Gasteiger partial charge in [-0.2, -0.15) is 0 Å².